The molecule has 0 bridgehead atoms. The predicted molar refractivity (Wildman–Crippen MR) is 95.7 cm³/mol. The summed E-state index contributed by atoms with van der Waals surface area (Å²) in [7, 11) is 3.68. The summed E-state index contributed by atoms with van der Waals surface area (Å²) in [5.41, 5.74) is 2.61. The molecule has 0 spiro atoms. The van der Waals surface area contributed by atoms with Gasteiger partial charge in [0.1, 0.15) is 0 Å². The van der Waals surface area contributed by atoms with Crippen molar-refractivity contribution in [2.75, 3.05) is 27.2 Å². The molecule has 0 aromatic heterocycles. The molecule has 2 rings (SSSR count). The summed E-state index contributed by atoms with van der Waals surface area (Å²) in [6, 6.07) is 8.63. The summed E-state index contributed by atoms with van der Waals surface area (Å²) in [6.45, 7) is 4.34. The highest BCUT2D eigenvalue weighted by atomic mass is 16.2. The first kappa shape index (κ1) is 18.5. The molecule has 0 aliphatic heterocycles. The summed E-state index contributed by atoms with van der Waals surface area (Å²) < 4.78 is 0. The van der Waals surface area contributed by atoms with Gasteiger partial charge in [0.25, 0.3) is 0 Å². The second-order valence-corrected chi connectivity index (χ2v) is 7.01. The lowest BCUT2D eigenvalue weighted by atomic mass is 9.87. The lowest BCUT2D eigenvalue weighted by Crippen LogP contribution is -2.44. The maximum atomic E-state index is 12.6. The second-order valence-electron chi connectivity index (χ2n) is 7.01. The standard InChI is InChI=1S/C19H29N3O2/c1-14(2)20-18(23)12-21(3)13-19(24)22(4)17-11-7-9-15-8-5-6-10-16(15)17/h5-6,8,10,14,17H,7,9,11-13H2,1-4H3,(H,20,23). The Kier molecular flexibility index (Phi) is 6.37. The van der Waals surface area contributed by atoms with Crippen LogP contribution in [0.3, 0.4) is 0 Å². The van der Waals surface area contributed by atoms with Gasteiger partial charge in [-0.1, -0.05) is 24.3 Å². The largest absolute Gasteiger partial charge is 0.353 e. The maximum Gasteiger partial charge on any atom is 0.237 e. The zero-order valence-corrected chi connectivity index (χ0v) is 15.2. The highest BCUT2D eigenvalue weighted by Gasteiger charge is 2.27. The van der Waals surface area contributed by atoms with Crippen molar-refractivity contribution in [2.24, 2.45) is 0 Å². The first-order chi connectivity index (χ1) is 11.4. The van der Waals surface area contributed by atoms with Gasteiger partial charge >= 0.3 is 0 Å². The molecule has 5 nitrogen and oxygen atoms in total. The number of nitrogens with one attached hydrogen (secondary N) is 1. The van der Waals surface area contributed by atoms with Gasteiger partial charge < -0.3 is 10.2 Å². The van der Waals surface area contributed by atoms with Crippen LogP contribution in [0.15, 0.2) is 24.3 Å². The van der Waals surface area contributed by atoms with E-state index >= 15 is 0 Å². The number of carbonyl (C=O) groups is 2. The number of benzene rings is 1. The molecule has 5 heteroatoms. The number of hydrogen-bond acceptors (Lipinski definition) is 3. The third-order valence-electron chi connectivity index (χ3n) is 4.47. The van der Waals surface area contributed by atoms with Crippen molar-refractivity contribution in [1.29, 1.82) is 0 Å². The van der Waals surface area contributed by atoms with E-state index in [1.807, 2.05) is 31.9 Å². The molecule has 0 fully saturated rings. The molecule has 0 saturated carbocycles. The van der Waals surface area contributed by atoms with Crippen LogP contribution in [-0.2, 0) is 16.0 Å². The maximum absolute atomic E-state index is 12.6. The van der Waals surface area contributed by atoms with Crippen LogP contribution in [0.2, 0.25) is 0 Å². The molecule has 1 atom stereocenters. The molecular weight excluding hydrogens is 302 g/mol. The van der Waals surface area contributed by atoms with Crippen LogP contribution in [0.25, 0.3) is 0 Å². The van der Waals surface area contributed by atoms with Crippen molar-refractivity contribution in [2.45, 2.75) is 45.2 Å². The Labute approximate surface area is 145 Å². The molecule has 1 unspecified atom stereocenters. The van der Waals surface area contributed by atoms with Crippen molar-refractivity contribution < 1.29 is 9.59 Å². The number of fused-ring (bicyclic) bond motifs is 1. The van der Waals surface area contributed by atoms with E-state index in [1.54, 1.807) is 11.9 Å². The second kappa shape index (κ2) is 8.29. The van der Waals surface area contributed by atoms with E-state index in [1.165, 1.54) is 11.1 Å². The van der Waals surface area contributed by atoms with Crippen LogP contribution in [0.1, 0.15) is 43.9 Å². The topological polar surface area (TPSA) is 52.7 Å². The number of nitrogens with zero attached hydrogens (tertiary/aromatic N) is 2. The van der Waals surface area contributed by atoms with E-state index in [2.05, 4.69) is 23.5 Å². The van der Waals surface area contributed by atoms with Gasteiger partial charge in [-0.15, -0.1) is 0 Å². The lowest BCUT2D eigenvalue weighted by Gasteiger charge is -2.34. The minimum absolute atomic E-state index is 0.0500. The minimum Gasteiger partial charge on any atom is -0.353 e. The number of hydrogen-bond donors (Lipinski definition) is 1. The third-order valence-corrected chi connectivity index (χ3v) is 4.47. The molecule has 1 aliphatic carbocycles. The van der Waals surface area contributed by atoms with Crippen molar-refractivity contribution in [3.63, 3.8) is 0 Å². The molecule has 0 radical (unpaired) electrons. The van der Waals surface area contributed by atoms with Gasteiger partial charge in [0.2, 0.25) is 11.8 Å². The SMILES string of the molecule is CC(C)NC(=O)CN(C)CC(=O)N(C)C1CCCc2ccccc21. The van der Waals surface area contributed by atoms with E-state index in [-0.39, 0.29) is 37.0 Å². The zero-order valence-electron chi connectivity index (χ0n) is 15.2. The van der Waals surface area contributed by atoms with Gasteiger partial charge in [-0.3, -0.25) is 14.5 Å². The zero-order chi connectivity index (χ0) is 17.7. The summed E-state index contributed by atoms with van der Waals surface area (Å²) in [6.07, 6.45) is 3.19. The number of aryl methyl sites for hydroxylation is 1. The molecule has 0 saturated heterocycles. The van der Waals surface area contributed by atoms with Gasteiger partial charge in [0, 0.05) is 13.1 Å². The molecule has 1 aromatic carbocycles. The molecular formula is C19H29N3O2. The highest BCUT2D eigenvalue weighted by molar-refractivity contribution is 5.81. The highest BCUT2D eigenvalue weighted by Crippen LogP contribution is 2.33. The number of likely N-dealkylation sites (N-methyl/N-ethyl adjacent to an activating group) is 2. The van der Waals surface area contributed by atoms with E-state index in [0.717, 1.165) is 19.3 Å². The third kappa shape index (κ3) is 4.81. The Balaban J connectivity index is 1.94. The fraction of sp³-hybridized carbons (Fsp3) is 0.579. The number of amides is 2. The Hall–Kier alpha value is -1.88. The smallest absolute Gasteiger partial charge is 0.237 e. The van der Waals surface area contributed by atoms with Crippen molar-refractivity contribution in [1.82, 2.24) is 15.1 Å². The van der Waals surface area contributed by atoms with E-state index in [4.69, 9.17) is 0 Å². The summed E-state index contributed by atoms with van der Waals surface area (Å²) >= 11 is 0. The summed E-state index contributed by atoms with van der Waals surface area (Å²) in [5.74, 6) is 0.00233. The Morgan fingerprint density at radius 3 is 2.62 bits per heavy atom. The predicted octanol–water partition coefficient (Wildman–Crippen LogP) is 1.98. The fourth-order valence-corrected chi connectivity index (χ4v) is 3.32. The number of carbonyl (C=O) groups excluding carboxylic acids is 2. The monoisotopic (exact) mass is 331 g/mol. The normalized spacial score (nSPS) is 16.8. The first-order valence-corrected chi connectivity index (χ1v) is 8.70. The number of rotatable bonds is 6. The van der Waals surface area contributed by atoms with Gasteiger partial charge in [0.05, 0.1) is 19.1 Å². The van der Waals surface area contributed by atoms with E-state index in [0.29, 0.717) is 0 Å². The summed E-state index contributed by atoms with van der Waals surface area (Å²) in [4.78, 5) is 28.0. The Bertz CT molecular complexity index is 586. The Morgan fingerprint density at radius 1 is 1.21 bits per heavy atom. The van der Waals surface area contributed by atoms with Gasteiger partial charge in [0.15, 0.2) is 0 Å². The van der Waals surface area contributed by atoms with Crippen LogP contribution < -0.4 is 5.32 Å². The van der Waals surface area contributed by atoms with Crippen molar-refractivity contribution in [3.8, 4) is 0 Å². The molecule has 132 valence electrons. The average Bonchev–Trinajstić information content (AvgIpc) is 2.52. The molecule has 1 N–H and O–H groups in total. The van der Waals surface area contributed by atoms with Crippen LogP contribution in [0, 0.1) is 0 Å². The molecule has 1 aromatic rings. The Morgan fingerprint density at radius 2 is 1.92 bits per heavy atom. The quantitative estimate of drug-likeness (QED) is 0.867. The van der Waals surface area contributed by atoms with Gasteiger partial charge in [-0.2, -0.15) is 0 Å². The molecule has 1 aliphatic rings. The molecule has 24 heavy (non-hydrogen) atoms. The van der Waals surface area contributed by atoms with Crippen LogP contribution >= 0.6 is 0 Å². The van der Waals surface area contributed by atoms with Crippen molar-refractivity contribution in [3.05, 3.63) is 35.4 Å². The van der Waals surface area contributed by atoms with Crippen LogP contribution in [0.5, 0.6) is 0 Å². The van der Waals surface area contributed by atoms with Crippen molar-refractivity contribution >= 4 is 11.8 Å². The van der Waals surface area contributed by atoms with E-state index in [9.17, 15) is 9.59 Å². The summed E-state index contributed by atoms with van der Waals surface area (Å²) in [5, 5.41) is 2.85. The first-order valence-electron chi connectivity index (χ1n) is 8.70. The van der Waals surface area contributed by atoms with Gasteiger partial charge in [-0.05, 0) is 51.3 Å². The fourth-order valence-electron chi connectivity index (χ4n) is 3.32. The van der Waals surface area contributed by atoms with Crippen LogP contribution in [-0.4, -0.2) is 54.8 Å². The molecule has 2 amide bonds. The molecule has 0 heterocycles. The lowest BCUT2D eigenvalue weighted by molar-refractivity contribution is -0.133. The minimum atomic E-state index is -0.0500. The van der Waals surface area contributed by atoms with Crippen LogP contribution in [0.4, 0.5) is 0 Å². The average molecular weight is 331 g/mol. The van der Waals surface area contributed by atoms with Gasteiger partial charge in [-0.25, -0.2) is 0 Å². The van der Waals surface area contributed by atoms with E-state index < -0.39 is 0 Å².